The number of hydrogen-bond acceptors (Lipinski definition) is 5. The number of carbonyl (C=O) groups is 3. The fourth-order valence-electron chi connectivity index (χ4n) is 7.38. The molecule has 8 nitrogen and oxygen atoms in total. The van der Waals surface area contributed by atoms with Crippen LogP contribution in [0.3, 0.4) is 0 Å². The number of nitrogens with zero attached hydrogens (tertiary/aromatic N) is 1. The molecule has 4 rings (SSSR count). The molecule has 3 fully saturated rings. The topological polar surface area (TPSA) is 108 Å². The molecule has 210 valence electrons. The number of benzene rings is 1. The molecule has 1 aromatic carbocycles. The van der Waals surface area contributed by atoms with Crippen LogP contribution in [-0.2, 0) is 19.1 Å². The zero-order valence-corrected chi connectivity index (χ0v) is 23.9. The van der Waals surface area contributed by atoms with Gasteiger partial charge >= 0.3 is 0 Å². The third kappa shape index (κ3) is 5.09. The molecular weight excluding hydrogens is 482 g/mol. The summed E-state index contributed by atoms with van der Waals surface area (Å²) in [6.45, 7) is 14.1. The Bertz CT molecular complexity index is 1050. The lowest BCUT2D eigenvalue weighted by atomic mass is 9.70. The molecule has 3 saturated heterocycles. The van der Waals surface area contributed by atoms with E-state index in [4.69, 9.17) is 4.74 Å². The number of nitrogens with one attached hydrogen (secondary N) is 2. The minimum atomic E-state index is -1.09. The van der Waals surface area contributed by atoms with Crippen molar-refractivity contribution in [1.29, 1.82) is 0 Å². The first kappa shape index (κ1) is 28.6. The maximum atomic E-state index is 14.2. The summed E-state index contributed by atoms with van der Waals surface area (Å²) >= 11 is 0. The molecule has 3 aliphatic heterocycles. The van der Waals surface area contributed by atoms with E-state index >= 15 is 0 Å². The fourth-order valence-corrected chi connectivity index (χ4v) is 7.38. The summed E-state index contributed by atoms with van der Waals surface area (Å²) < 4.78 is 6.55. The van der Waals surface area contributed by atoms with Crippen molar-refractivity contribution in [1.82, 2.24) is 10.2 Å². The average molecular weight is 528 g/mol. The highest BCUT2D eigenvalue weighted by Crippen LogP contribution is 2.59. The monoisotopic (exact) mass is 527 g/mol. The lowest BCUT2D eigenvalue weighted by Gasteiger charge is -2.41. The number of carbonyl (C=O) groups excluding carboxylic acids is 3. The van der Waals surface area contributed by atoms with Gasteiger partial charge in [0.15, 0.2) is 0 Å². The van der Waals surface area contributed by atoms with E-state index in [-0.39, 0.29) is 35.7 Å². The van der Waals surface area contributed by atoms with Crippen LogP contribution in [0.5, 0.6) is 0 Å². The van der Waals surface area contributed by atoms with Crippen LogP contribution < -0.4 is 10.6 Å². The lowest BCUT2D eigenvalue weighted by molar-refractivity contribution is -0.147. The van der Waals surface area contributed by atoms with Gasteiger partial charge in [0.25, 0.3) is 0 Å². The van der Waals surface area contributed by atoms with Crippen molar-refractivity contribution in [3.05, 3.63) is 30.3 Å². The largest absolute Gasteiger partial charge is 0.394 e. The van der Waals surface area contributed by atoms with Gasteiger partial charge in [0.05, 0.1) is 30.6 Å². The molecule has 8 heteroatoms. The number of ether oxygens (including phenoxy) is 1. The van der Waals surface area contributed by atoms with E-state index in [1.54, 1.807) is 4.90 Å². The summed E-state index contributed by atoms with van der Waals surface area (Å²) in [5.41, 5.74) is -0.980. The van der Waals surface area contributed by atoms with E-state index in [0.717, 1.165) is 12.8 Å². The van der Waals surface area contributed by atoms with Crippen molar-refractivity contribution in [3.63, 3.8) is 0 Å². The summed E-state index contributed by atoms with van der Waals surface area (Å²) in [4.78, 5) is 43.6. The fraction of sp³-hybridized carbons (Fsp3) is 0.700. The van der Waals surface area contributed by atoms with Crippen LogP contribution in [-0.4, -0.2) is 63.7 Å². The number of para-hydroxylation sites is 1. The highest BCUT2D eigenvalue weighted by Gasteiger charge is 2.75. The molecular formula is C30H45N3O5. The van der Waals surface area contributed by atoms with Crippen LogP contribution in [0.4, 0.5) is 5.69 Å². The van der Waals surface area contributed by atoms with Gasteiger partial charge in [-0.1, -0.05) is 59.2 Å². The van der Waals surface area contributed by atoms with E-state index in [2.05, 4.69) is 31.4 Å². The van der Waals surface area contributed by atoms with Gasteiger partial charge in [0.2, 0.25) is 17.7 Å². The molecule has 1 spiro atoms. The normalized spacial score (nSPS) is 30.2. The van der Waals surface area contributed by atoms with Gasteiger partial charge in [-0.15, -0.1) is 0 Å². The van der Waals surface area contributed by atoms with Crippen LogP contribution in [0.15, 0.2) is 30.3 Å². The number of aliphatic hydroxyl groups is 1. The van der Waals surface area contributed by atoms with Crippen molar-refractivity contribution in [2.45, 2.75) is 103 Å². The second kappa shape index (κ2) is 10.3. The second-order valence-electron chi connectivity index (χ2n) is 13.4. The van der Waals surface area contributed by atoms with E-state index in [9.17, 15) is 19.5 Å². The first-order valence-corrected chi connectivity index (χ1v) is 14.0. The van der Waals surface area contributed by atoms with E-state index in [1.807, 2.05) is 58.0 Å². The number of anilines is 1. The molecule has 3 amide bonds. The van der Waals surface area contributed by atoms with Crippen LogP contribution in [0.25, 0.3) is 0 Å². The number of likely N-dealkylation sites (tertiary alicyclic amines) is 1. The molecule has 0 radical (unpaired) electrons. The Kier molecular flexibility index (Phi) is 7.71. The van der Waals surface area contributed by atoms with Crippen LogP contribution in [0, 0.1) is 23.2 Å². The zero-order valence-electron chi connectivity index (χ0n) is 23.9. The molecule has 3 N–H and O–H groups in total. The molecule has 0 aromatic heterocycles. The maximum absolute atomic E-state index is 14.2. The molecule has 3 heterocycles. The molecule has 2 unspecified atom stereocenters. The van der Waals surface area contributed by atoms with Crippen molar-refractivity contribution >= 4 is 23.4 Å². The molecule has 3 aliphatic rings. The summed E-state index contributed by atoms with van der Waals surface area (Å²) in [5, 5.41) is 16.6. The molecule has 7 atom stereocenters. The second-order valence-corrected chi connectivity index (χ2v) is 13.4. The minimum Gasteiger partial charge on any atom is -0.394 e. The van der Waals surface area contributed by atoms with Crippen molar-refractivity contribution in [3.8, 4) is 0 Å². The number of aliphatic hydroxyl groups excluding tert-OH is 1. The predicted octanol–water partition coefficient (Wildman–Crippen LogP) is 3.74. The summed E-state index contributed by atoms with van der Waals surface area (Å²) in [5.74, 6) is -2.32. The lowest BCUT2D eigenvalue weighted by Crippen LogP contribution is -2.62. The highest BCUT2D eigenvalue weighted by atomic mass is 16.5. The molecule has 0 saturated carbocycles. The predicted molar refractivity (Wildman–Crippen MR) is 146 cm³/mol. The third-order valence-corrected chi connectivity index (χ3v) is 8.61. The smallest absolute Gasteiger partial charge is 0.246 e. The molecule has 1 aromatic rings. The van der Waals surface area contributed by atoms with E-state index in [0.29, 0.717) is 18.5 Å². The van der Waals surface area contributed by atoms with Crippen LogP contribution in [0.2, 0.25) is 0 Å². The quantitative estimate of drug-likeness (QED) is 0.454. The Morgan fingerprint density at radius 2 is 1.82 bits per heavy atom. The Hall–Kier alpha value is -2.45. The third-order valence-electron chi connectivity index (χ3n) is 8.61. The Labute approximate surface area is 226 Å². The standard InChI is InChI=1S/C30H45N3O5/c1-8-18(2)20(16-34)33-24(26(36)32-29(6,7)17-28(3,4)5)30-15-14-21(38-30)22(23(30)27(33)37)25(35)31-19-12-10-9-11-13-19/h9-13,18,20-24,34H,8,14-17H2,1-7H3,(H,31,35)(H,32,36)/t18-,20-,21-,22+,23-,24?,30?/m0/s1. The first-order valence-electron chi connectivity index (χ1n) is 14.0. The number of rotatable bonds is 9. The summed E-state index contributed by atoms with van der Waals surface area (Å²) in [6.07, 6.45) is 2.17. The van der Waals surface area contributed by atoms with Gasteiger partial charge in [-0.05, 0) is 56.6 Å². The minimum absolute atomic E-state index is 0.0178. The van der Waals surface area contributed by atoms with Crippen LogP contribution >= 0.6 is 0 Å². The van der Waals surface area contributed by atoms with Crippen molar-refractivity contribution in [2.24, 2.45) is 23.2 Å². The number of fused-ring (bicyclic) bond motifs is 1. The van der Waals surface area contributed by atoms with Gasteiger partial charge < -0.3 is 25.4 Å². The van der Waals surface area contributed by atoms with E-state index in [1.165, 1.54) is 0 Å². The van der Waals surface area contributed by atoms with Crippen molar-refractivity contribution in [2.75, 3.05) is 11.9 Å². The molecule has 0 aliphatic carbocycles. The Morgan fingerprint density at radius 3 is 2.39 bits per heavy atom. The van der Waals surface area contributed by atoms with Gasteiger partial charge in [0, 0.05) is 11.2 Å². The SMILES string of the molecule is CC[C@H](C)[C@H](CO)N1C(=O)[C@@H]2[C@H](C(=O)Nc3ccccc3)[C@@H]3CCC2(O3)C1C(=O)NC(C)(C)CC(C)(C)C. The summed E-state index contributed by atoms with van der Waals surface area (Å²) in [7, 11) is 0. The van der Waals surface area contributed by atoms with Crippen LogP contribution in [0.1, 0.15) is 74.1 Å². The highest BCUT2D eigenvalue weighted by molar-refractivity contribution is 6.02. The Balaban J connectivity index is 1.72. The van der Waals surface area contributed by atoms with E-state index < -0.39 is 41.2 Å². The van der Waals surface area contributed by atoms with Gasteiger partial charge in [-0.25, -0.2) is 0 Å². The van der Waals surface area contributed by atoms with Gasteiger partial charge in [-0.3, -0.25) is 14.4 Å². The van der Waals surface area contributed by atoms with Crippen molar-refractivity contribution < 1.29 is 24.2 Å². The number of hydrogen-bond donors (Lipinski definition) is 3. The maximum Gasteiger partial charge on any atom is 0.246 e. The Morgan fingerprint density at radius 1 is 1.16 bits per heavy atom. The molecule has 38 heavy (non-hydrogen) atoms. The van der Waals surface area contributed by atoms with Gasteiger partial charge in [-0.2, -0.15) is 0 Å². The number of amides is 3. The first-order chi connectivity index (χ1) is 17.7. The molecule has 2 bridgehead atoms. The van der Waals surface area contributed by atoms with Gasteiger partial charge in [0.1, 0.15) is 11.6 Å². The zero-order chi connectivity index (χ0) is 28.0. The summed E-state index contributed by atoms with van der Waals surface area (Å²) in [6, 6.07) is 7.71. The average Bonchev–Trinajstić information content (AvgIpc) is 3.46.